The number of fused-ring (bicyclic) bond motifs is 1. The van der Waals surface area contributed by atoms with Gasteiger partial charge in [-0.3, -0.25) is 14.5 Å². The van der Waals surface area contributed by atoms with E-state index in [2.05, 4.69) is 4.98 Å². The second-order valence-electron chi connectivity index (χ2n) is 4.85. The van der Waals surface area contributed by atoms with Crippen molar-refractivity contribution >= 4 is 23.6 Å². The summed E-state index contributed by atoms with van der Waals surface area (Å²) in [6.45, 7) is 1.89. The molecule has 2 aromatic rings. The first-order valence-corrected chi connectivity index (χ1v) is 7.68. The van der Waals surface area contributed by atoms with E-state index in [1.807, 2.05) is 25.1 Å². The van der Waals surface area contributed by atoms with Crippen LogP contribution in [0.5, 0.6) is 0 Å². The van der Waals surface area contributed by atoms with Gasteiger partial charge in [-0.25, -0.2) is 4.98 Å². The van der Waals surface area contributed by atoms with Gasteiger partial charge in [0, 0.05) is 18.0 Å². The second kappa shape index (κ2) is 5.69. The highest BCUT2D eigenvalue weighted by molar-refractivity contribution is 7.99. The fourth-order valence-electron chi connectivity index (χ4n) is 2.32. The number of nitrogens with zero attached hydrogens (tertiary/aromatic N) is 2. The summed E-state index contributed by atoms with van der Waals surface area (Å²) in [7, 11) is 0. The molecule has 0 radical (unpaired) electrons. The maximum absolute atomic E-state index is 12.3. The van der Waals surface area contributed by atoms with Crippen molar-refractivity contribution in [1.29, 1.82) is 0 Å². The van der Waals surface area contributed by atoms with E-state index in [1.54, 1.807) is 42.2 Å². The Labute approximate surface area is 127 Å². The minimum atomic E-state index is -0.204. The van der Waals surface area contributed by atoms with Gasteiger partial charge in [0.15, 0.2) is 0 Å². The van der Waals surface area contributed by atoms with Crippen LogP contribution in [0.25, 0.3) is 0 Å². The number of pyridine rings is 1. The van der Waals surface area contributed by atoms with Gasteiger partial charge >= 0.3 is 0 Å². The fraction of sp³-hybridized carbons (Fsp3) is 0.188. The first-order valence-electron chi connectivity index (χ1n) is 6.69. The molecule has 1 unspecified atom stereocenters. The third kappa shape index (κ3) is 2.56. The Morgan fingerprint density at radius 1 is 1.05 bits per heavy atom. The monoisotopic (exact) mass is 298 g/mol. The summed E-state index contributed by atoms with van der Waals surface area (Å²) >= 11 is 1.54. The highest BCUT2D eigenvalue weighted by Gasteiger charge is 2.37. The van der Waals surface area contributed by atoms with E-state index in [4.69, 9.17) is 0 Å². The SMILES string of the molecule is CC(CSc1ccccn1)N1C(=O)c2ccccc2C1=O. The lowest BCUT2D eigenvalue weighted by Crippen LogP contribution is -2.39. The topological polar surface area (TPSA) is 50.3 Å². The van der Waals surface area contributed by atoms with Gasteiger partial charge in [-0.1, -0.05) is 18.2 Å². The van der Waals surface area contributed by atoms with E-state index in [-0.39, 0.29) is 17.9 Å². The molecule has 3 rings (SSSR count). The number of carbonyl (C=O) groups excluding carboxylic acids is 2. The van der Waals surface area contributed by atoms with E-state index < -0.39 is 0 Å². The molecule has 21 heavy (non-hydrogen) atoms. The van der Waals surface area contributed by atoms with Gasteiger partial charge in [0.1, 0.15) is 0 Å². The highest BCUT2D eigenvalue weighted by atomic mass is 32.2. The lowest BCUT2D eigenvalue weighted by molar-refractivity contribution is 0.0612. The van der Waals surface area contributed by atoms with Crippen LogP contribution >= 0.6 is 11.8 Å². The summed E-state index contributed by atoms with van der Waals surface area (Å²) < 4.78 is 0. The molecular formula is C16H14N2O2S. The smallest absolute Gasteiger partial charge is 0.261 e. The second-order valence-corrected chi connectivity index (χ2v) is 5.89. The van der Waals surface area contributed by atoms with Crippen LogP contribution in [-0.4, -0.2) is 33.5 Å². The van der Waals surface area contributed by atoms with Gasteiger partial charge in [-0.2, -0.15) is 0 Å². The van der Waals surface area contributed by atoms with Crippen LogP contribution in [0, 0.1) is 0 Å². The molecule has 0 saturated carbocycles. The summed E-state index contributed by atoms with van der Waals surface area (Å²) in [5.41, 5.74) is 0.995. The summed E-state index contributed by atoms with van der Waals surface area (Å²) in [5.74, 6) is 0.220. The molecule has 0 bridgehead atoms. The van der Waals surface area contributed by atoms with Crippen molar-refractivity contribution in [3.8, 4) is 0 Å². The van der Waals surface area contributed by atoms with Crippen molar-refractivity contribution in [3.05, 3.63) is 59.8 Å². The third-order valence-corrected chi connectivity index (χ3v) is 4.56. The Kier molecular flexibility index (Phi) is 3.75. The zero-order valence-corrected chi connectivity index (χ0v) is 12.3. The van der Waals surface area contributed by atoms with Crippen molar-refractivity contribution in [2.45, 2.75) is 18.0 Å². The molecule has 1 atom stereocenters. The van der Waals surface area contributed by atoms with Crippen LogP contribution in [-0.2, 0) is 0 Å². The van der Waals surface area contributed by atoms with Crippen molar-refractivity contribution in [1.82, 2.24) is 9.88 Å². The molecule has 0 spiro atoms. The number of aromatic nitrogens is 1. The van der Waals surface area contributed by atoms with Crippen molar-refractivity contribution in [2.75, 3.05) is 5.75 Å². The molecule has 1 aromatic carbocycles. The molecule has 1 aliphatic rings. The largest absolute Gasteiger partial charge is 0.271 e. The van der Waals surface area contributed by atoms with Gasteiger partial charge < -0.3 is 0 Å². The van der Waals surface area contributed by atoms with Crippen molar-refractivity contribution < 1.29 is 9.59 Å². The Hall–Kier alpha value is -2.14. The van der Waals surface area contributed by atoms with Crippen LogP contribution in [0.2, 0.25) is 0 Å². The summed E-state index contributed by atoms with van der Waals surface area (Å²) in [5, 5.41) is 0.890. The van der Waals surface area contributed by atoms with Crippen LogP contribution in [0.15, 0.2) is 53.7 Å². The molecule has 1 aromatic heterocycles. The first kappa shape index (κ1) is 13.8. The molecule has 0 aliphatic carbocycles. The summed E-state index contributed by atoms with van der Waals surface area (Å²) in [6, 6.07) is 12.5. The van der Waals surface area contributed by atoms with Gasteiger partial charge in [0.25, 0.3) is 11.8 Å². The normalized spacial score (nSPS) is 15.2. The van der Waals surface area contributed by atoms with E-state index in [9.17, 15) is 9.59 Å². The standard InChI is InChI=1S/C16H14N2O2S/c1-11(10-21-14-8-4-5-9-17-14)18-15(19)12-6-2-3-7-13(12)16(18)20/h2-9,11H,10H2,1H3. The van der Waals surface area contributed by atoms with Gasteiger partial charge in [-0.15, -0.1) is 11.8 Å². The van der Waals surface area contributed by atoms with Crippen LogP contribution in [0.1, 0.15) is 27.6 Å². The lowest BCUT2D eigenvalue weighted by Gasteiger charge is -2.21. The first-order chi connectivity index (χ1) is 10.2. The van der Waals surface area contributed by atoms with Crippen LogP contribution < -0.4 is 0 Å². The number of carbonyl (C=O) groups is 2. The zero-order chi connectivity index (χ0) is 14.8. The third-order valence-electron chi connectivity index (χ3n) is 3.38. The minimum absolute atomic E-state index is 0.176. The van der Waals surface area contributed by atoms with E-state index in [0.717, 1.165) is 5.03 Å². The van der Waals surface area contributed by atoms with E-state index in [0.29, 0.717) is 16.9 Å². The van der Waals surface area contributed by atoms with E-state index >= 15 is 0 Å². The fourth-order valence-corrected chi connectivity index (χ4v) is 3.19. The summed E-state index contributed by atoms with van der Waals surface area (Å²) in [6.07, 6.45) is 1.73. The molecule has 1 aliphatic heterocycles. The number of thioether (sulfide) groups is 1. The summed E-state index contributed by atoms with van der Waals surface area (Å²) in [4.78, 5) is 30.3. The molecule has 106 valence electrons. The Bertz CT molecular complexity index is 653. The number of benzene rings is 1. The Morgan fingerprint density at radius 2 is 1.67 bits per heavy atom. The molecule has 5 heteroatoms. The van der Waals surface area contributed by atoms with Gasteiger partial charge in [-0.05, 0) is 31.2 Å². The van der Waals surface area contributed by atoms with Gasteiger partial charge in [0.05, 0.1) is 16.2 Å². The molecule has 0 N–H and O–H groups in total. The molecular weight excluding hydrogens is 284 g/mol. The maximum Gasteiger partial charge on any atom is 0.261 e. The average molecular weight is 298 g/mol. The van der Waals surface area contributed by atoms with Crippen molar-refractivity contribution in [2.24, 2.45) is 0 Å². The lowest BCUT2D eigenvalue weighted by atomic mass is 10.1. The average Bonchev–Trinajstić information content (AvgIpc) is 2.78. The number of hydrogen-bond donors (Lipinski definition) is 0. The number of imide groups is 1. The predicted molar refractivity (Wildman–Crippen MR) is 81.4 cm³/mol. The molecule has 0 saturated heterocycles. The molecule has 2 heterocycles. The van der Waals surface area contributed by atoms with Crippen molar-refractivity contribution in [3.63, 3.8) is 0 Å². The number of rotatable bonds is 4. The Balaban J connectivity index is 1.73. The van der Waals surface area contributed by atoms with Crippen LogP contribution in [0.3, 0.4) is 0 Å². The minimum Gasteiger partial charge on any atom is -0.271 e. The highest BCUT2D eigenvalue weighted by Crippen LogP contribution is 2.26. The molecule has 2 amide bonds. The predicted octanol–water partition coefficient (Wildman–Crippen LogP) is 2.86. The maximum atomic E-state index is 12.3. The van der Waals surface area contributed by atoms with E-state index in [1.165, 1.54) is 4.90 Å². The molecule has 0 fully saturated rings. The molecule has 4 nitrogen and oxygen atoms in total. The number of amides is 2. The zero-order valence-electron chi connectivity index (χ0n) is 11.5. The Morgan fingerprint density at radius 3 is 2.24 bits per heavy atom. The van der Waals surface area contributed by atoms with Crippen LogP contribution in [0.4, 0.5) is 0 Å². The van der Waals surface area contributed by atoms with Gasteiger partial charge in [0.2, 0.25) is 0 Å². The number of hydrogen-bond acceptors (Lipinski definition) is 4. The quantitative estimate of drug-likeness (QED) is 0.643.